The maximum absolute atomic E-state index is 12.2. The summed E-state index contributed by atoms with van der Waals surface area (Å²) in [7, 11) is 3.86. The standard InChI is InChI=1S/C19H24N4OS/c1-13(2)14-8-10-16(11-9-14)20-19(25)22-21-18(24)15-6-5-7-17(12-15)23(3)4/h5-13H,1-4H3,(H,21,24)(H2,20,22,25). The molecule has 0 aliphatic rings. The summed E-state index contributed by atoms with van der Waals surface area (Å²) in [5, 5.41) is 3.37. The molecule has 0 fully saturated rings. The number of benzene rings is 2. The van der Waals surface area contributed by atoms with Crippen LogP contribution in [0.4, 0.5) is 11.4 Å². The van der Waals surface area contributed by atoms with E-state index < -0.39 is 0 Å². The molecule has 6 heteroatoms. The van der Waals surface area contributed by atoms with Crippen LogP contribution in [0.15, 0.2) is 48.5 Å². The Kier molecular flexibility index (Phi) is 6.36. The highest BCUT2D eigenvalue weighted by molar-refractivity contribution is 7.80. The summed E-state index contributed by atoms with van der Waals surface area (Å²) in [6, 6.07) is 15.4. The van der Waals surface area contributed by atoms with Gasteiger partial charge in [0.1, 0.15) is 0 Å². The fraction of sp³-hybridized carbons (Fsp3) is 0.263. The molecule has 0 aromatic heterocycles. The van der Waals surface area contributed by atoms with Crippen molar-refractivity contribution in [1.29, 1.82) is 0 Å². The van der Waals surface area contributed by atoms with Crippen molar-refractivity contribution in [3.63, 3.8) is 0 Å². The highest BCUT2D eigenvalue weighted by atomic mass is 32.1. The molecule has 0 heterocycles. The molecule has 3 N–H and O–H groups in total. The lowest BCUT2D eigenvalue weighted by atomic mass is 10.0. The van der Waals surface area contributed by atoms with Gasteiger partial charge in [-0.05, 0) is 54.0 Å². The van der Waals surface area contributed by atoms with Crippen molar-refractivity contribution in [3.8, 4) is 0 Å². The third-order valence-electron chi connectivity index (χ3n) is 3.75. The minimum atomic E-state index is -0.247. The van der Waals surface area contributed by atoms with Gasteiger partial charge in [-0.25, -0.2) is 0 Å². The third kappa shape index (κ3) is 5.46. The van der Waals surface area contributed by atoms with Gasteiger partial charge in [0.15, 0.2) is 5.11 Å². The molecular weight excluding hydrogens is 332 g/mol. The number of thiocarbonyl (C=S) groups is 1. The number of rotatable bonds is 4. The van der Waals surface area contributed by atoms with Crippen LogP contribution >= 0.6 is 12.2 Å². The van der Waals surface area contributed by atoms with Crippen molar-refractivity contribution in [1.82, 2.24) is 10.9 Å². The van der Waals surface area contributed by atoms with E-state index in [4.69, 9.17) is 12.2 Å². The summed E-state index contributed by atoms with van der Waals surface area (Å²) in [6.07, 6.45) is 0. The Labute approximate surface area is 154 Å². The van der Waals surface area contributed by atoms with Crippen LogP contribution in [-0.4, -0.2) is 25.1 Å². The zero-order chi connectivity index (χ0) is 18.4. The molecule has 2 aromatic carbocycles. The van der Waals surface area contributed by atoms with E-state index in [0.717, 1.165) is 11.4 Å². The van der Waals surface area contributed by atoms with Gasteiger partial charge in [0.2, 0.25) is 0 Å². The number of carbonyl (C=O) groups is 1. The Bertz CT molecular complexity index is 741. The molecule has 0 spiro atoms. The molecule has 25 heavy (non-hydrogen) atoms. The quantitative estimate of drug-likeness (QED) is 0.578. The number of nitrogens with one attached hydrogen (secondary N) is 3. The van der Waals surface area contributed by atoms with E-state index in [1.807, 2.05) is 49.3 Å². The first kappa shape index (κ1) is 18.7. The molecule has 5 nitrogen and oxygen atoms in total. The zero-order valence-electron chi connectivity index (χ0n) is 15.0. The van der Waals surface area contributed by atoms with E-state index in [1.54, 1.807) is 6.07 Å². The lowest BCUT2D eigenvalue weighted by Crippen LogP contribution is -2.43. The number of hydrazine groups is 1. The van der Waals surface area contributed by atoms with E-state index in [9.17, 15) is 4.79 Å². The molecule has 2 rings (SSSR count). The molecule has 0 aliphatic heterocycles. The summed E-state index contributed by atoms with van der Waals surface area (Å²) in [6.45, 7) is 4.30. The Morgan fingerprint density at radius 3 is 2.32 bits per heavy atom. The largest absolute Gasteiger partial charge is 0.378 e. The van der Waals surface area contributed by atoms with E-state index in [-0.39, 0.29) is 5.91 Å². The molecule has 0 aliphatic carbocycles. The SMILES string of the molecule is CC(C)c1ccc(NC(=S)NNC(=O)c2cccc(N(C)C)c2)cc1. The minimum Gasteiger partial charge on any atom is -0.378 e. The molecule has 1 amide bonds. The van der Waals surface area contributed by atoms with Crippen molar-refractivity contribution < 1.29 is 4.79 Å². The average Bonchev–Trinajstić information content (AvgIpc) is 2.60. The summed E-state index contributed by atoms with van der Waals surface area (Å²) >= 11 is 5.21. The molecular formula is C19H24N4OS. The Morgan fingerprint density at radius 2 is 1.72 bits per heavy atom. The first-order chi connectivity index (χ1) is 11.9. The average molecular weight is 356 g/mol. The summed E-state index contributed by atoms with van der Waals surface area (Å²) in [5.74, 6) is 0.236. The van der Waals surface area contributed by atoms with Crippen LogP contribution in [0.3, 0.4) is 0 Å². The van der Waals surface area contributed by atoms with Gasteiger partial charge >= 0.3 is 0 Å². The zero-order valence-corrected chi connectivity index (χ0v) is 15.8. The Balaban J connectivity index is 1.89. The van der Waals surface area contributed by atoms with Crippen molar-refractivity contribution in [2.24, 2.45) is 0 Å². The molecule has 0 saturated heterocycles. The smallest absolute Gasteiger partial charge is 0.269 e. The molecule has 0 radical (unpaired) electrons. The highest BCUT2D eigenvalue weighted by Crippen LogP contribution is 2.17. The van der Waals surface area contributed by atoms with Crippen molar-refractivity contribution >= 4 is 34.6 Å². The molecule has 2 aromatic rings. The van der Waals surface area contributed by atoms with Crippen LogP contribution in [0.2, 0.25) is 0 Å². The second-order valence-corrected chi connectivity index (χ2v) is 6.66. The summed E-state index contributed by atoms with van der Waals surface area (Å²) in [5.41, 5.74) is 8.97. The van der Waals surface area contributed by atoms with Gasteiger partial charge in [-0.3, -0.25) is 15.6 Å². The number of anilines is 2. The van der Waals surface area contributed by atoms with Gasteiger partial charge < -0.3 is 10.2 Å². The summed E-state index contributed by atoms with van der Waals surface area (Å²) in [4.78, 5) is 14.2. The molecule has 0 saturated carbocycles. The number of carbonyl (C=O) groups excluding carboxylic acids is 1. The van der Waals surface area contributed by atoms with Crippen LogP contribution in [0.5, 0.6) is 0 Å². The number of hydrogen-bond donors (Lipinski definition) is 3. The van der Waals surface area contributed by atoms with Gasteiger partial charge in [-0.2, -0.15) is 0 Å². The first-order valence-corrected chi connectivity index (χ1v) is 8.52. The number of amides is 1. The molecule has 0 atom stereocenters. The van der Waals surface area contributed by atoms with E-state index >= 15 is 0 Å². The molecule has 132 valence electrons. The first-order valence-electron chi connectivity index (χ1n) is 8.11. The predicted molar refractivity (Wildman–Crippen MR) is 108 cm³/mol. The molecule has 0 unspecified atom stereocenters. The van der Waals surface area contributed by atoms with Crippen LogP contribution in [0.25, 0.3) is 0 Å². The fourth-order valence-corrected chi connectivity index (χ4v) is 2.39. The van der Waals surface area contributed by atoms with Crippen LogP contribution < -0.4 is 21.1 Å². The normalized spacial score (nSPS) is 10.3. The van der Waals surface area contributed by atoms with Gasteiger partial charge in [-0.1, -0.05) is 32.0 Å². The van der Waals surface area contributed by atoms with Gasteiger partial charge in [0, 0.05) is 31.0 Å². The van der Waals surface area contributed by atoms with E-state index in [0.29, 0.717) is 16.6 Å². The minimum absolute atomic E-state index is 0.247. The van der Waals surface area contributed by atoms with Crippen LogP contribution in [0, 0.1) is 0 Å². The third-order valence-corrected chi connectivity index (χ3v) is 3.95. The number of hydrogen-bond acceptors (Lipinski definition) is 3. The van der Waals surface area contributed by atoms with E-state index in [2.05, 4.69) is 42.1 Å². The second-order valence-electron chi connectivity index (χ2n) is 6.25. The predicted octanol–water partition coefficient (Wildman–Crippen LogP) is 3.51. The van der Waals surface area contributed by atoms with E-state index in [1.165, 1.54) is 5.56 Å². The maximum atomic E-state index is 12.2. The lowest BCUT2D eigenvalue weighted by Gasteiger charge is -2.15. The second kappa shape index (κ2) is 8.48. The molecule has 0 bridgehead atoms. The summed E-state index contributed by atoms with van der Waals surface area (Å²) < 4.78 is 0. The van der Waals surface area contributed by atoms with Gasteiger partial charge in [0.25, 0.3) is 5.91 Å². The van der Waals surface area contributed by atoms with Gasteiger partial charge in [-0.15, -0.1) is 0 Å². The highest BCUT2D eigenvalue weighted by Gasteiger charge is 2.07. The van der Waals surface area contributed by atoms with Crippen LogP contribution in [0.1, 0.15) is 35.7 Å². The Hall–Kier alpha value is -2.60. The fourth-order valence-electron chi connectivity index (χ4n) is 2.22. The maximum Gasteiger partial charge on any atom is 0.269 e. The monoisotopic (exact) mass is 356 g/mol. The van der Waals surface area contributed by atoms with Crippen LogP contribution in [-0.2, 0) is 0 Å². The van der Waals surface area contributed by atoms with Gasteiger partial charge in [0.05, 0.1) is 0 Å². The Morgan fingerprint density at radius 1 is 1.04 bits per heavy atom. The topological polar surface area (TPSA) is 56.4 Å². The van der Waals surface area contributed by atoms with Crippen molar-refractivity contribution in [2.75, 3.05) is 24.3 Å². The van der Waals surface area contributed by atoms with Crippen molar-refractivity contribution in [3.05, 3.63) is 59.7 Å². The van der Waals surface area contributed by atoms with Crippen molar-refractivity contribution in [2.45, 2.75) is 19.8 Å². The number of nitrogens with zero attached hydrogens (tertiary/aromatic N) is 1. The lowest BCUT2D eigenvalue weighted by molar-refractivity contribution is 0.0944.